The Morgan fingerprint density at radius 2 is 1.95 bits per heavy atom. The molecule has 0 radical (unpaired) electrons. The first-order chi connectivity index (χ1) is 9.16. The SMILES string of the molecule is Cc1ccc(C(=O)c2c[nH]c3ccccc23)cc1F. The Hall–Kier alpha value is -2.42. The van der Waals surface area contributed by atoms with Crippen LogP contribution in [0.25, 0.3) is 10.9 Å². The summed E-state index contributed by atoms with van der Waals surface area (Å²) in [5, 5.41) is 0.855. The van der Waals surface area contributed by atoms with Gasteiger partial charge in [0.25, 0.3) is 0 Å². The number of H-pyrrole nitrogens is 1. The molecule has 2 nitrogen and oxygen atoms in total. The van der Waals surface area contributed by atoms with Crippen LogP contribution in [0, 0.1) is 12.7 Å². The lowest BCUT2D eigenvalue weighted by Gasteiger charge is -2.02. The second-order valence-corrected chi connectivity index (χ2v) is 4.54. The number of aryl methyl sites for hydroxylation is 1. The average molecular weight is 253 g/mol. The molecule has 1 aromatic heterocycles. The molecule has 2 aromatic carbocycles. The first-order valence-electron chi connectivity index (χ1n) is 6.04. The summed E-state index contributed by atoms with van der Waals surface area (Å²) >= 11 is 0. The third-order valence-electron chi connectivity index (χ3n) is 3.27. The van der Waals surface area contributed by atoms with Crippen LogP contribution in [0.2, 0.25) is 0 Å². The van der Waals surface area contributed by atoms with Gasteiger partial charge >= 0.3 is 0 Å². The van der Waals surface area contributed by atoms with E-state index in [1.54, 1.807) is 25.3 Å². The number of aromatic nitrogens is 1. The molecule has 94 valence electrons. The van der Waals surface area contributed by atoms with Gasteiger partial charge in [0.05, 0.1) is 0 Å². The molecular formula is C16H12FNO. The fourth-order valence-electron chi connectivity index (χ4n) is 2.15. The minimum atomic E-state index is -0.356. The Morgan fingerprint density at radius 1 is 1.16 bits per heavy atom. The van der Waals surface area contributed by atoms with Crippen molar-refractivity contribution in [2.45, 2.75) is 6.92 Å². The molecule has 0 saturated heterocycles. The summed E-state index contributed by atoms with van der Waals surface area (Å²) in [6, 6.07) is 12.1. The van der Waals surface area contributed by atoms with E-state index in [1.807, 2.05) is 24.3 Å². The lowest BCUT2D eigenvalue weighted by molar-refractivity contribution is 0.104. The zero-order chi connectivity index (χ0) is 13.4. The molecule has 1 N–H and O–H groups in total. The summed E-state index contributed by atoms with van der Waals surface area (Å²) in [7, 11) is 0. The number of carbonyl (C=O) groups excluding carboxylic acids is 1. The molecule has 0 bridgehead atoms. The van der Waals surface area contributed by atoms with Crippen molar-refractivity contribution in [1.82, 2.24) is 4.98 Å². The molecule has 0 amide bonds. The number of ketones is 1. The Morgan fingerprint density at radius 3 is 2.74 bits per heavy atom. The van der Waals surface area contributed by atoms with Crippen LogP contribution in [0.3, 0.4) is 0 Å². The lowest BCUT2D eigenvalue weighted by Crippen LogP contribution is -2.01. The molecular weight excluding hydrogens is 241 g/mol. The van der Waals surface area contributed by atoms with E-state index in [0.29, 0.717) is 16.7 Å². The highest BCUT2D eigenvalue weighted by Crippen LogP contribution is 2.21. The number of para-hydroxylation sites is 1. The standard InChI is InChI=1S/C16H12FNO/c1-10-6-7-11(8-14(10)17)16(19)13-9-18-15-5-3-2-4-12(13)15/h2-9,18H,1H3. The van der Waals surface area contributed by atoms with Crippen LogP contribution in [0.5, 0.6) is 0 Å². The topological polar surface area (TPSA) is 32.9 Å². The first kappa shape index (κ1) is 11.7. The Kier molecular flexibility index (Phi) is 2.67. The van der Waals surface area contributed by atoms with Crippen LogP contribution >= 0.6 is 0 Å². The highest BCUT2D eigenvalue weighted by Gasteiger charge is 2.14. The minimum absolute atomic E-state index is 0.170. The van der Waals surface area contributed by atoms with Crippen LogP contribution in [0.15, 0.2) is 48.7 Å². The maximum absolute atomic E-state index is 13.5. The molecule has 19 heavy (non-hydrogen) atoms. The second kappa shape index (κ2) is 4.35. The monoisotopic (exact) mass is 253 g/mol. The minimum Gasteiger partial charge on any atom is -0.360 e. The third kappa shape index (κ3) is 1.93. The number of rotatable bonds is 2. The summed E-state index contributed by atoms with van der Waals surface area (Å²) in [5.41, 5.74) is 2.38. The number of aromatic amines is 1. The lowest BCUT2D eigenvalue weighted by atomic mass is 10.0. The summed E-state index contributed by atoms with van der Waals surface area (Å²) in [5.74, 6) is -0.526. The quantitative estimate of drug-likeness (QED) is 0.691. The highest BCUT2D eigenvalue weighted by molar-refractivity contribution is 6.16. The van der Waals surface area contributed by atoms with E-state index in [-0.39, 0.29) is 11.6 Å². The van der Waals surface area contributed by atoms with Gasteiger partial charge in [-0.3, -0.25) is 4.79 Å². The van der Waals surface area contributed by atoms with Crippen LogP contribution < -0.4 is 0 Å². The van der Waals surface area contributed by atoms with E-state index in [0.717, 1.165) is 10.9 Å². The largest absolute Gasteiger partial charge is 0.360 e. The number of halogens is 1. The van der Waals surface area contributed by atoms with Crippen molar-refractivity contribution in [2.24, 2.45) is 0 Å². The van der Waals surface area contributed by atoms with Crippen molar-refractivity contribution in [3.63, 3.8) is 0 Å². The third-order valence-corrected chi connectivity index (χ3v) is 3.27. The maximum Gasteiger partial charge on any atom is 0.195 e. The fraction of sp³-hybridized carbons (Fsp3) is 0.0625. The number of carbonyl (C=O) groups is 1. The molecule has 0 spiro atoms. The molecule has 3 rings (SSSR count). The van der Waals surface area contributed by atoms with Crippen molar-refractivity contribution >= 4 is 16.7 Å². The van der Waals surface area contributed by atoms with E-state index in [9.17, 15) is 9.18 Å². The normalized spacial score (nSPS) is 10.8. The highest BCUT2D eigenvalue weighted by atomic mass is 19.1. The molecule has 3 aromatic rings. The molecule has 0 saturated carbocycles. The molecule has 0 aliphatic carbocycles. The maximum atomic E-state index is 13.5. The van der Waals surface area contributed by atoms with E-state index >= 15 is 0 Å². The van der Waals surface area contributed by atoms with Crippen molar-refractivity contribution in [3.05, 3.63) is 71.2 Å². The summed E-state index contributed by atoms with van der Waals surface area (Å²) in [6.45, 7) is 1.68. The van der Waals surface area contributed by atoms with E-state index in [1.165, 1.54) is 6.07 Å². The molecule has 0 unspecified atom stereocenters. The van der Waals surface area contributed by atoms with Gasteiger partial charge in [-0.15, -0.1) is 0 Å². The van der Waals surface area contributed by atoms with Gasteiger partial charge in [0.15, 0.2) is 5.78 Å². The second-order valence-electron chi connectivity index (χ2n) is 4.54. The van der Waals surface area contributed by atoms with Crippen molar-refractivity contribution in [2.75, 3.05) is 0 Å². The predicted molar refractivity (Wildman–Crippen MR) is 72.9 cm³/mol. The smallest absolute Gasteiger partial charge is 0.195 e. The molecule has 0 aliphatic rings. The van der Waals surface area contributed by atoms with Crippen LogP contribution in [-0.2, 0) is 0 Å². The number of hydrogen-bond acceptors (Lipinski definition) is 1. The molecule has 3 heteroatoms. The molecule has 1 heterocycles. The number of nitrogens with one attached hydrogen (secondary N) is 1. The molecule has 0 atom stereocenters. The van der Waals surface area contributed by atoms with E-state index in [2.05, 4.69) is 4.98 Å². The van der Waals surface area contributed by atoms with Gasteiger partial charge in [-0.25, -0.2) is 4.39 Å². The Balaban J connectivity index is 2.11. The van der Waals surface area contributed by atoms with Gasteiger partial charge in [0.2, 0.25) is 0 Å². The van der Waals surface area contributed by atoms with Gasteiger partial charge in [0, 0.05) is 28.2 Å². The Labute approximate surface area is 109 Å². The average Bonchev–Trinajstić information content (AvgIpc) is 2.85. The predicted octanol–water partition coefficient (Wildman–Crippen LogP) is 3.85. The van der Waals surface area contributed by atoms with Gasteiger partial charge in [-0.05, 0) is 24.6 Å². The summed E-state index contributed by atoms with van der Waals surface area (Å²) in [6.07, 6.45) is 1.67. The number of fused-ring (bicyclic) bond motifs is 1. The van der Waals surface area contributed by atoms with Crippen molar-refractivity contribution < 1.29 is 9.18 Å². The van der Waals surface area contributed by atoms with Gasteiger partial charge < -0.3 is 4.98 Å². The first-order valence-corrected chi connectivity index (χ1v) is 6.04. The van der Waals surface area contributed by atoms with Crippen LogP contribution in [0.4, 0.5) is 4.39 Å². The van der Waals surface area contributed by atoms with Crippen molar-refractivity contribution in [3.8, 4) is 0 Å². The van der Waals surface area contributed by atoms with Gasteiger partial charge in [0.1, 0.15) is 5.82 Å². The van der Waals surface area contributed by atoms with E-state index in [4.69, 9.17) is 0 Å². The zero-order valence-electron chi connectivity index (χ0n) is 10.4. The number of benzene rings is 2. The molecule has 0 fully saturated rings. The molecule has 0 aliphatic heterocycles. The van der Waals surface area contributed by atoms with Gasteiger partial charge in [-0.1, -0.05) is 30.3 Å². The fourth-order valence-corrected chi connectivity index (χ4v) is 2.15. The van der Waals surface area contributed by atoms with E-state index < -0.39 is 0 Å². The number of hydrogen-bond donors (Lipinski definition) is 1. The van der Waals surface area contributed by atoms with Crippen LogP contribution in [0.1, 0.15) is 21.5 Å². The van der Waals surface area contributed by atoms with Crippen LogP contribution in [-0.4, -0.2) is 10.8 Å². The van der Waals surface area contributed by atoms with Crippen molar-refractivity contribution in [1.29, 1.82) is 0 Å². The van der Waals surface area contributed by atoms with Gasteiger partial charge in [-0.2, -0.15) is 0 Å². The Bertz CT molecular complexity index is 773. The zero-order valence-corrected chi connectivity index (χ0v) is 10.4. The summed E-state index contributed by atoms with van der Waals surface area (Å²) < 4.78 is 13.5. The summed E-state index contributed by atoms with van der Waals surface area (Å²) in [4.78, 5) is 15.4.